The lowest BCUT2D eigenvalue weighted by Crippen LogP contribution is -2.03. The van der Waals surface area contributed by atoms with Crippen LogP contribution in [-0.4, -0.2) is 51.3 Å². The van der Waals surface area contributed by atoms with Gasteiger partial charge < -0.3 is 29.6 Å². The van der Waals surface area contributed by atoms with Gasteiger partial charge in [0, 0.05) is 0 Å². The first kappa shape index (κ1) is 14.5. The fourth-order valence-electron chi connectivity index (χ4n) is 0.231. The quantitative estimate of drug-likeness (QED) is 0.266. The first-order chi connectivity index (χ1) is 5.41. The minimum Gasteiger partial charge on any atom is -0.394 e. The van der Waals surface area contributed by atoms with Crippen LogP contribution in [0, 0.1) is 0 Å². The molecule has 76 valence electrons. The highest BCUT2D eigenvalue weighted by Crippen LogP contribution is 2.25. The second-order valence-corrected chi connectivity index (χ2v) is 2.60. The lowest BCUT2D eigenvalue weighted by molar-refractivity contribution is 0.0650. The van der Waals surface area contributed by atoms with Crippen molar-refractivity contribution >= 4 is 7.82 Å². The summed E-state index contributed by atoms with van der Waals surface area (Å²) in [5.41, 5.74) is 0. The molecule has 0 unspecified atom stereocenters. The molecule has 0 radical (unpaired) electrons. The molecule has 0 aromatic rings. The second-order valence-electron chi connectivity index (χ2n) is 1.57. The van der Waals surface area contributed by atoms with Crippen LogP contribution in [0.1, 0.15) is 0 Å². The summed E-state index contributed by atoms with van der Waals surface area (Å²) in [6.45, 7) is 0.696. The molecule has 0 aromatic carbocycles. The van der Waals surface area contributed by atoms with E-state index in [9.17, 15) is 0 Å². The molecule has 8 heteroatoms. The summed E-state index contributed by atoms with van der Waals surface area (Å²) in [5.74, 6) is 0. The van der Waals surface area contributed by atoms with E-state index < -0.39 is 7.82 Å². The van der Waals surface area contributed by atoms with Gasteiger partial charge in [0.25, 0.3) is 0 Å². The summed E-state index contributed by atoms with van der Waals surface area (Å²) in [7, 11) is -4.64. The Balaban J connectivity index is 0. The average molecular weight is 204 g/mol. The van der Waals surface area contributed by atoms with Crippen LogP contribution in [0.2, 0.25) is 0 Å². The SMILES string of the molecule is O=P(O)(O)O.OCCOCCO. The summed E-state index contributed by atoms with van der Waals surface area (Å²) < 4.78 is 13.5. The smallest absolute Gasteiger partial charge is 0.394 e. The van der Waals surface area contributed by atoms with E-state index >= 15 is 0 Å². The summed E-state index contributed by atoms with van der Waals surface area (Å²) in [6, 6.07) is 0. The van der Waals surface area contributed by atoms with Crippen molar-refractivity contribution in [1.82, 2.24) is 0 Å². The lowest BCUT2D eigenvalue weighted by atomic mass is 10.7. The number of ether oxygens (including phenoxy) is 1. The van der Waals surface area contributed by atoms with Crippen LogP contribution in [0.5, 0.6) is 0 Å². The normalized spacial score (nSPS) is 10.4. The summed E-state index contributed by atoms with van der Waals surface area (Å²) in [6.07, 6.45) is 0. The van der Waals surface area contributed by atoms with Crippen LogP contribution in [0.3, 0.4) is 0 Å². The molecule has 0 spiro atoms. The first-order valence-corrected chi connectivity index (χ1v) is 4.56. The van der Waals surface area contributed by atoms with Gasteiger partial charge in [0.1, 0.15) is 0 Å². The maximum Gasteiger partial charge on any atom is 0.466 e. The molecule has 5 N–H and O–H groups in total. The van der Waals surface area contributed by atoms with Crippen molar-refractivity contribution in [3.63, 3.8) is 0 Å². The van der Waals surface area contributed by atoms with Crippen molar-refractivity contribution in [2.45, 2.75) is 0 Å². The summed E-state index contributed by atoms with van der Waals surface area (Å²) in [4.78, 5) is 21.6. The van der Waals surface area contributed by atoms with Crippen molar-refractivity contribution in [2.75, 3.05) is 26.4 Å². The molecule has 0 bridgehead atoms. The average Bonchev–Trinajstić information content (AvgIpc) is 1.85. The van der Waals surface area contributed by atoms with E-state index in [0.717, 1.165) is 0 Å². The van der Waals surface area contributed by atoms with Crippen LogP contribution in [-0.2, 0) is 9.30 Å². The number of phosphoric acid groups is 1. The van der Waals surface area contributed by atoms with E-state index in [1.165, 1.54) is 0 Å². The molecular formula is C4H13O7P. The number of hydrogen-bond acceptors (Lipinski definition) is 4. The van der Waals surface area contributed by atoms with Gasteiger partial charge in [-0.15, -0.1) is 0 Å². The molecule has 7 nitrogen and oxygen atoms in total. The Labute approximate surface area is 69.5 Å². The fourth-order valence-corrected chi connectivity index (χ4v) is 0.231. The molecule has 0 saturated heterocycles. The molecule has 0 aliphatic heterocycles. The predicted octanol–water partition coefficient (Wildman–Crippen LogP) is -1.94. The minimum atomic E-state index is -4.64. The maximum atomic E-state index is 8.88. The van der Waals surface area contributed by atoms with Gasteiger partial charge in [0.05, 0.1) is 26.4 Å². The Hall–Kier alpha value is -0.0100. The van der Waals surface area contributed by atoms with Gasteiger partial charge in [-0.05, 0) is 0 Å². The Bertz CT molecular complexity index is 108. The van der Waals surface area contributed by atoms with Crippen molar-refractivity contribution in [3.05, 3.63) is 0 Å². The van der Waals surface area contributed by atoms with Crippen LogP contribution < -0.4 is 0 Å². The maximum absolute atomic E-state index is 8.88. The Morgan fingerprint density at radius 2 is 1.25 bits per heavy atom. The van der Waals surface area contributed by atoms with Gasteiger partial charge in [0.2, 0.25) is 0 Å². The standard InChI is InChI=1S/C4H10O3.H3O4P/c5-1-3-7-4-2-6;1-5(2,3)4/h5-6H,1-4H2;(H3,1,2,3,4). The van der Waals surface area contributed by atoms with E-state index in [4.69, 9.17) is 29.5 Å². The van der Waals surface area contributed by atoms with Crippen molar-refractivity contribution in [1.29, 1.82) is 0 Å². The van der Waals surface area contributed by atoms with E-state index in [2.05, 4.69) is 4.74 Å². The third-order valence-corrected chi connectivity index (χ3v) is 0.471. The van der Waals surface area contributed by atoms with Crippen molar-refractivity contribution in [3.8, 4) is 0 Å². The Kier molecular flexibility index (Phi) is 11.0. The Morgan fingerprint density at radius 1 is 1.00 bits per heavy atom. The molecule has 0 fully saturated rings. The summed E-state index contributed by atoms with van der Waals surface area (Å²) >= 11 is 0. The third kappa shape index (κ3) is 50.7. The molecule has 12 heavy (non-hydrogen) atoms. The van der Waals surface area contributed by atoms with E-state index in [-0.39, 0.29) is 13.2 Å². The highest BCUT2D eigenvalue weighted by Gasteiger charge is 2.00. The molecule has 0 aliphatic carbocycles. The van der Waals surface area contributed by atoms with E-state index in [1.807, 2.05) is 0 Å². The van der Waals surface area contributed by atoms with Gasteiger partial charge in [-0.3, -0.25) is 0 Å². The largest absolute Gasteiger partial charge is 0.466 e. The molecule has 0 saturated carbocycles. The molecule has 0 rings (SSSR count). The second kappa shape index (κ2) is 9.08. The zero-order valence-electron chi connectivity index (χ0n) is 6.33. The fraction of sp³-hybridized carbons (Fsp3) is 1.00. The Morgan fingerprint density at radius 3 is 1.42 bits per heavy atom. The molecule has 0 amide bonds. The predicted molar refractivity (Wildman–Crippen MR) is 39.3 cm³/mol. The molecular weight excluding hydrogens is 191 g/mol. The van der Waals surface area contributed by atoms with Gasteiger partial charge >= 0.3 is 7.82 Å². The number of aliphatic hydroxyl groups is 2. The highest BCUT2D eigenvalue weighted by molar-refractivity contribution is 7.45. The van der Waals surface area contributed by atoms with Gasteiger partial charge in [-0.2, -0.15) is 0 Å². The molecule has 0 heterocycles. The van der Waals surface area contributed by atoms with Crippen LogP contribution >= 0.6 is 7.82 Å². The van der Waals surface area contributed by atoms with Gasteiger partial charge in [-0.25, -0.2) is 4.57 Å². The van der Waals surface area contributed by atoms with Crippen LogP contribution in [0.15, 0.2) is 0 Å². The zero-order valence-corrected chi connectivity index (χ0v) is 7.22. The highest BCUT2D eigenvalue weighted by atomic mass is 31.2. The van der Waals surface area contributed by atoms with Crippen LogP contribution in [0.25, 0.3) is 0 Å². The molecule has 0 aromatic heterocycles. The molecule has 0 atom stereocenters. The van der Waals surface area contributed by atoms with Gasteiger partial charge in [-0.1, -0.05) is 0 Å². The van der Waals surface area contributed by atoms with E-state index in [0.29, 0.717) is 13.2 Å². The first-order valence-electron chi connectivity index (χ1n) is 2.99. The number of rotatable bonds is 4. The van der Waals surface area contributed by atoms with E-state index in [1.54, 1.807) is 0 Å². The third-order valence-electron chi connectivity index (χ3n) is 0.471. The van der Waals surface area contributed by atoms with Gasteiger partial charge in [0.15, 0.2) is 0 Å². The zero-order chi connectivity index (χ0) is 10.0. The topological polar surface area (TPSA) is 127 Å². The monoisotopic (exact) mass is 204 g/mol. The molecule has 0 aliphatic rings. The number of hydrogen-bond donors (Lipinski definition) is 5. The number of aliphatic hydroxyl groups excluding tert-OH is 2. The van der Waals surface area contributed by atoms with Crippen LogP contribution in [0.4, 0.5) is 0 Å². The summed E-state index contributed by atoms with van der Waals surface area (Å²) in [5, 5.41) is 16.2. The lowest BCUT2D eigenvalue weighted by Gasteiger charge is -1.94. The van der Waals surface area contributed by atoms with Crippen molar-refractivity contribution < 1.29 is 34.2 Å². The minimum absolute atomic E-state index is 0.0278. The van der Waals surface area contributed by atoms with Crippen molar-refractivity contribution in [2.24, 2.45) is 0 Å².